The van der Waals surface area contributed by atoms with E-state index in [0.717, 1.165) is 0 Å². The molecule has 0 saturated carbocycles. The van der Waals surface area contributed by atoms with Crippen LogP contribution in [0, 0.1) is 0 Å². The van der Waals surface area contributed by atoms with Crippen molar-refractivity contribution in [1.82, 2.24) is 10.2 Å². The summed E-state index contributed by atoms with van der Waals surface area (Å²) < 4.78 is 5.17. The maximum absolute atomic E-state index is 12.7. The first-order valence-corrected chi connectivity index (χ1v) is 6.92. The number of carbonyl (C=O) groups is 2. The average Bonchev–Trinajstić information content (AvgIpc) is 2.33. The Balaban J connectivity index is 3.27. The standard InChI is InChI=1S/C14H26N2O3/c1-7-14(8-2)11(17)15-13(4,5)12(18)16(14)10(3)9-19-6/h10H,7-9H2,1-6H3,(H,15,17). The molecule has 1 aliphatic rings. The predicted octanol–water partition coefficient (Wildman–Crippen LogP) is 1.32. The molecule has 1 rings (SSSR count). The molecule has 1 fully saturated rings. The number of nitrogens with zero attached hydrogens (tertiary/aromatic N) is 1. The number of hydrogen-bond acceptors (Lipinski definition) is 3. The van der Waals surface area contributed by atoms with Gasteiger partial charge in [0.2, 0.25) is 11.8 Å². The van der Waals surface area contributed by atoms with Gasteiger partial charge in [0.1, 0.15) is 11.1 Å². The highest BCUT2D eigenvalue weighted by Crippen LogP contribution is 2.33. The number of rotatable bonds is 5. The second-order valence-electron chi connectivity index (χ2n) is 5.80. The van der Waals surface area contributed by atoms with Crippen LogP contribution < -0.4 is 5.32 Å². The van der Waals surface area contributed by atoms with Crippen molar-refractivity contribution >= 4 is 11.8 Å². The monoisotopic (exact) mass is 270 g/mol. The molecule has 0 aromatic carbocycles. The Kier molecular flexibility index (Phi) is 4.61. The third-order valence-electron chi connectivity index (χ3n) is 4.08. The Bertz CT molecular complexity index is 362. The first-order chi connectivity index (χ1) is 8.76. The number of hydrogen-bond donors (Lipinski definition) is 1. The Labute approximate surface area is 115 Å². The summed E-state index contributed by atoms with van der Waals surface area (Å²) in [6.45, 7) is 9.74. The zero-order chi connectivity index (χ0) is 14.8. The van der Waals surface area contributed by atoms with E-state index in [2.05, 4.69) is 5.32 Å². The Morgan fingerprint density at radius 1 is 1.26 bits per heavy atom. The summed E-state index contributed by atoms with van der Waals surface area (Å²) in [5, 5.41) is 2.85. The van der Waals surface area contributed by atoms with Gasteiger partial charge in [-0.1, -0.05) is 13.8 Å². The van der Waals surface area contributed by atoms with Gasteiger partial charge in [-0.15, -0.1) is 0 Å². The lowest BCUT2D eigenvalue weighted by Crippen LogP contribution is -2.75. The van der Waals surface area contributed by atoms with Crippen LogP contribution in [0.1, 0.15) is 47.5 Å². The molecule has 1 aliphatic heterocycles. The number of amides is 2. The maximum atomic E-state index is 12.7. The largest absolute Gasteiger partial charge is 0.383 e. The van der Waals surface area contributed by atoms with E-state index in [1.165, 1.54) is 0 Å². The Morgan fingerprint density at radius 2 is 1.79 bits per heavy atom. The van der Waals surface area contributed by atoms with Crippen molar-refractivity contribution in [3.8, 4) is 0 Å². The minimum Gasteiger partial charge on any atom is -0.383 e. The molecule has 5 heteroatoms. The number of methoxy groups -OCH3 is 1. The van der Waals surface area contributed by atoms with Crippen LogP contribution in [0.5, 0.6) is 0 Å². The fraction of sp³-hybridized carbons (Fsp3) is 0.857. The van der Waals surface area contributed by atoms with E-state index in [9.17, 15) is 9.59 Å². The number of ether oxygens (including phenoxy) is 1. The molecule has 1 unspecified atom stereocenters. The fourth-order valence-corrected chi connectivity index (χ4v) is 2.91. The van der Waals surface area contributed by atoms with Crippen molar-refractivity contribution in [2.75, 3.05) is 13.7 Å². The van der Waals surface area contributed by atoms with Gasteiger partial charge in [-0.2, -0.15) is 0 Å². The fourth-order valence-electron chi connectivity index (χ4n) is 2.91. The van der Waals surface area contributed by atoms with Crippen molar-refractivity contribution in [2.45, 2.75) is 64.6 Å². The Morgan fingerprint density at radius 3 is 2.21 bits per heavy atom. The molecule has 1 saturated heterocycles. The summed E-state index contributed by atoms with van der Waals surface area (Å²) in [7, 11) is 1.61. The van der Waals surface area contributed by atoms with Crippen molar-refractivity contribution in [2.24, 2.45) is 0 Å². The van der Waals surface area contributed by atoms with Crippen LogP contribution in [-0.2, 0) is 14.3 Å². The van der Waals surface area contributed by atoms with Crippen molar-refractivity contribution in [3.63, 3.8) is 0 Å². The highest BCUT2D eigenvalue weighted by atomic mass is 16.5. The molecule has 0 bridgehead atoms. The lowest BCUT2D eigenvalue weighted by molar-refractivity contribution is -0.167. The van der Waals surface area contributed by atoms with E-state index < -0.39 is 11.1 Å². The summed E-state index contributed by atoms with van der Waals surface area (Å²) in [5.41, 5.74) is -1.61. The topological polar surface area (TPSA) is 58.6 Å². The smallest absolute Gasteiger partial charge is 0.248 e. The lowest BCUT2D eigenvalue weighted by atomic mass is 9.81. The molecule has 110 valence electrons. The molecular formula is C14H26N2O3. The molecule has 1 heterocycles. The second-order valence-corrected chi connectivity index (χ2v) is 5.80. The zero-order valence-corrected chi connectivity index (χ0v) is 12.9. The third kappa shape index (κ3) is 2.48. The van der Waals surface area contributed by atoms with Crippen LogP contribution in [0.15, 0.2) is 0 Å². The second kappa shape index (κ2) is 5.49. The normalized spacial score (nSPS) is 23.2. The predicted molar refractivity (Wildman–Crippen MR) is 73.7 cm³/mol. The Hall–Kier alpha value is -1.10. The van der Waals surface area contributed by atoms with Crippen molar-refractivity contribution < 1.29 is 14.3 Å². The van der Waals surface area contributed by atoms with Crippen LogP contribution in [0.3, 0.4) is 0 Å². The summed E-state index contributed by atoms with van der Waals surface area (Å²) in [6, 6.07) is -0.122. The third-order valence-corrected chi connectivity index (χ3v) is 4.08. The molecule has 1 atom stereocenters. The van der Waals surface area contributed by atoms with E-state index in [-0.39, 0.29) is 17.9 Å². The van der Waals surface area contributed by atoms with Gasteiger partial charge in [0.25, 0.3) is 0 Å². The van der Waals surface area contributed by atoms with E-state index in [4.69, 9.17) is 4.74 Å². The molecule has 0 radical (unpaired) electrons. The van der Waals surface area contributed by atoms with Crippen LogP contribution in [0.4, 0.5) is 0 Å². The van der Waals surface area contributed by atoms with Gasteiger partial charge in [-0.25, -0.2) is 0 Å². The SMILES string of the molecule is CCC1(CC)C(=O)NC(C)(C)C(=O)N1C(C)COC. The summed E-state index contributed by atoms with van der Waals surface area (Å²) in [6.07, 6.45) is 1.20. The van der Waals surface area contributed by atoms with E-state index in [1.54, 1.807) is 25.9 Å². The first kappa shape index (κ1) is 16.0. The molecule has 0 aromatic rings. The molecule has 1 N–H and O–H groups in total. The number of carbonyl (C=O) groups excluding carboxylic acids is 2. The van der Waals surface area contributed by atoms with Crippen LogP contribution in [0.2, 0.25) is 0 Å². The number of nitrogens with one attached hydrogen (secondary N) is 1. The average molecular weight is 270 g/mol. The van der Waals surface area contributed by atoms with Gasteiger partial charge in [0.05, 0.1) is 12.6 Å². The van der Waals surface area contributed by atoms with Gasteiger partial charge in [-0.3, -0.25) is 9.59 Å². The van der Waals surface area contributed by atoms with Gasteiger partial charge in [0, 0.05) is 7.11 Å². The molecule has 2 amide bonds. The summed E-state index contributed by atoms with van der Waals surface area (Å²) in [5.74, 6) is -0.106. The highest BCUT2D eigenvalue weighted by molar-refractivity contribution is 6.02. The minimum atomic E-state index is -0.854. The maximum Gasteiger partial charge on any atom is 0.248 e. The van der Waals surface area contributed by atoms with E-state index in [0.29, 0.717) is 19.4 Å². The molecule has 0 aromatic heterocycles. The highest BCUT2D eigenvalue weighted by Gasteiger charge is 2.54. The van der Waals surface area contributed by atoms with Crippen molar-refractivity contribution in [1.29, 1.82) is 0 Å². The van der Waals surface area contributed by atoms with Crippen LogP contribution in [0.25, 0.3) is 0 Å². The molecule has 19 heavy (non-hydrogen) atoms. The van der Waals surface area contributed by atoms with Crippen molar-refractivity contribution in [3.05, 3.63) is 0 Å². The summed E-state index contributed by atoms with van der Waals surface area (Å²) in [4.78, 5) is 26.9. The summed E-state index contributed by atoms with van der Waals surface area (Å²) >= 11 is 0. The zero-order valence-electron chi connectivity index (χ0n) is 12.9. The lowest BCUT2D eigenvalue weighted by Gasteiger charge is -2.52. The van der Waals surface area contributed by atoms with Gasteiger partial charge in [-0.05, 0) is 33.6 Å². The molecular weight excluding hydrogens is 244 g/mol. The first-order valence-electron chi connectivity index (χ1n) is 6.92. The molecule has 0 aliphatic carbocycles. The minimum absolute atomic E-state index is 0.0413. The van der Waals surface area contributed by atoms with Crippen LogP contribution in [-0.4, -0.2) is 47.6 Å². The number of piperazine rings is 1. The molecule has 5 nitrogen and oxygen atoms in total. The van der Waals surface area contributed by atoms with Gasteiger partial charge in [0.15, 0.2) is 0 Å². The van der Waals surface area contributed by atoms with E-state index in [1.807, 2.05) is 20.8 Å². The molecule has 0 spiro atoms. The van der Waals surface area contributed by atoms with Gasteiger partial charge >= 0.3 is 0 Å². The van der Waals surface area contributed by atoms with E-state index >= 15 is 0 Å². The van der Waals surface area contributed by atoms with Gasteiger partial charge < -0.3 is 15.0 Å². The van der Waals surface area contributed by atoms with Crippen LogP contribution >= 0.6 is 0 Å². The quantitative estimate of drug-likeness (QED) is 0.819.